The van der Waals surface area contributed by atoms with E-state index in [1.165, 1.54) is 11.3 Å². The first-order valence-electron chi connectivity index (χ1n) is 6.74. The van der Waals surface area contributed by atoms with E-state index in [0.29, 0.717) is 17.8 Å². The minimum Gasteiger partial charge on any atom is -0.338 e. The van der Waals surface area contributed by atoms with E-state index in [9.17, 15) is 9.59 Å². The van der Waals surface area contributed by atoms with Crippen molar-refractivity contribution in [2.24, 2.45) is 0 Å². The van der Waals surface area contributed by atoms with Crippen LogP contribution in [0, 0.1) is 6.92 Å². The van der Waals surface area contributed by atoms with Gasteiger partial charge in [-0.3, -0.25) is 10.0 Å². The van der Waals surface area contributed by atoms with E-state index in [0.717, 1.165) is 16.1 Å². The normalized spacial score (nSPS) is 10.1. The molecule has 2 aromatic rings. The van der Waals surface area contributed by atoms with Gasteiger partial charge in [0.2, 0.25) is 0 Å². The van der Waals surface area contributed by atoms with Gasteiger partial charge in [-0.1, -0.05) is 18.2 Å². The molecule has 7 heteroatoms. The van der Waals surface area contributed by atoms with E-state index in [2.05, 4.69) is 10.6 Å². The molecule has 2 rings (SSSR count). The van der Waals surface area contributed by atoms with Crippen LogP contribution in [0.4, 0.5) is 10.5 Å². The maximum absolute atomic E-state index is 11.8. The number of rotatable bonds is 5. The van der Waals surface area contributed by atoms with Gasteiger partial charge in [-0.15, -0.1) is 11.3 Å². The number of thiophene rings is 1. The maximum atomic E-state index is 11.8. The predicted molar refractivity (Wildman–Crippen MR) is 85.5 cm³/mol. The van der Waals surface area contributed by atoms with E-state index in [1.54, 1.807) is 17.6 Å². The summed E-state index contributed by atoms with van der Waals surface area (Å²) in [5.41, 5.74) is 3.37. The number of amides is 3. The van der Waals surface area contributed by atoms with Crippen molar-refractivity contribution in [1.82, 2.24) is 10.8 Å². The van der Waals surface area contributed by atoms with Crippen molar-refractivity contribution in [2.45, 2.75) is 13.3 Å². The van der Waals surface area contributed by atoms with Crippen LogP contribution < -0.4 is 16.1 Å². The van der Waals surface area contributed by atoms with Crippen LogP contribution in [-0.4, -0.2) is 23.7 Å². The zero-order chi connectivity index (χ0) is 15.9. The summed E-state index contributed by atoms with van der Waals surface area (Å²) in [5, 5.41) is 14.1. The molecule has 0 atom stereocenters. The van der Waals surface area contributed by atoms with Gasteiger partial charge in [0.15, 0.2) is 0 Å². The summed E-state index contributed by atoms with van der Waals surface area (Å²) in [5.74, 6) is -0.526. The zero-order valence-corrected chi connectivity index (χ0v) is 12.9. The molecule has 0 spiro atoms. The number of urea groups is 1. The summed E-state index contributed by atoms with van der Waals surface area (Å²) in [6, 6.07) is 10.7. The lowest BCUT2D eigenvalue weighted by Gasteiger charge is -2.09. The minimum atomic E-state index is -0.526. The Labute approximate surface area is 132 Å². The van der Waals surface area contributed by atoms with Crippen LogP contribution in [-0.2, 0) is 6.42 Å². The molecule has 1 aromatic heterocycles. The summed E-state index contributed by atoms with van der Waals surface area (Å²) in [6.07, 6.45) is 0.616. The first kappa shape index (κ1) is 16.0. The van der Waals surface area contributed by atoms with Crippen molar-refractivity contribution in [3.05, 3.63) is 51.7 Å². The van der Waals surface area contributed by atoms with E-state index < -0.39 is 5.91 Å². The predicted octanol–water partition coefficient (Wildman–Crippen LogP) is 2.54. The smallest absolute Gasteiger partial charge is 0.319 e. The average molecular weight is 319 g/mol. The SMILES string of the molecule is Cc1ccccc1NC(=O)NCCc1ccc(C(=O)NO)s1. The van der Waals surface area contributed by atoms with Crippen LogP contribution in [0.3, 0.4) is 0 Å². The Morgan fingerprint density at radius 2 is 1.95 bits per heavy atom. The van der Waals surface area contributed by atoms with E-state index >= 15 is 0 Å². The maximum Gasteiger partial charge on any atom is 0.319 e. The third-order valence-electron chi connectivity index (χ3n) is 3.04. The average Bonchev–Trinajstić information content (AvgIpc) is 2.98. The van der Waals surface area contributed by atoms with Crippen molar-refractivity contribution >= 4 is 29.0 Å². The largest absolute Gasteiger partial charge is 0.338 e. The lowest BCUT2D eigenvalue weighted by atomic mass is 10.2. The quantitative estimate of drug-likeness (QED) is 0.504. The van der Waals surface area contributed by atoms with Gasteiger partial charge >= 0.3 is 6.03 Å². The molecule has 0 saturated heterocycles. The Balaban J connectivity index is 1.79. The summed E-state index contributed by atoms with van der Waals surface area (Å²) >= 11 is 1.28. The minimum absolute atomic E-state index is 0.265. The fourth-order valence-corrected chi connectivity index (χ4v) is 2.77. The molecular weight excluding hydrogens is 302 g/mol. The molecule has 0 fully saturated rings. The molecular formula is C15H17N3O3S. The second-order valence-electron chi connectivity index (χ2n) is 4.65. The molecule has 6 nitrogen and oxygen atoms in total. The topological polar surface area (TPSA) is 90.5 Å². The van der Waals surface area contributed by atoms with E-state index in [4.69, 9.17) is 5.21 Å². The number of nitrogens with one attached hydrogen (secondary N) is 3. The van der Waals surface area contributed by atoms with E-state index in [1.807, 2.05) is 31.2 Å². The van der Waals surface area contributed by atoms with Crippen LogP contribution in [0.5, 0.6) is 0 Å². The second-order valence-corrected chi connectivity index (χ2v) is 5.82. The highest BCUT2D eigenvalue weighted by molar-refractivity contribution is 7.14. The summed E-state index contributed by atoms with van der Waals surface area (Å²) in [7, 11) is 0. The fourth-order valence-electron chi connectivity index (χ4n) is 1.87. The summed E-state index contributed by atoms with van der Waals surface area (Å²) in [4.78, 5) is 24.4. The van der Waals surface area contributed by atoms with Gasteiger partial charge in [-0.05, 0) is 37.1 Å². The molecule has 116 valence electrons. The molecule has 1 heterocycles. The molecule has 0 radical (unpaired) electrons. The third kappa shape index (κ3) is 4.31. The van der Waals surface area contributed by atoms with Gasteiger partial charge < -0.3 is 10.6 Å². The Morgan fingerprint density at radius 1 is 1.18 bits per heavy atom. The zero-order valence-electron chi connectivity index (χ0n) is 12.1. The van der Waals surface area contributed by atoms with Crippen LogP contribution in [0.25, 0.3) is 0 Å². The highest BCUT2D eigenvalue weighted by Crippen LogP contribution is 2.16. The van der Waals surface area contributed by atoms with Crippen molar-refractivity contribution < 1.29 is 14.8 Å². The highest BCUT2D eigenvalue weighted by atomic mass is 32.1. The molecule has 0 aliphatic heterocycles. The number of aryl methyl sites for hydroxylation is 1. The molecule has 1 aromatic carbocycles. The van der Waals surface area contributed by atoms with Crippen molar-refractivity contribution in [3.63, 3.8) is 0 Å². The monoisotopic (exact) mass is 319 g/mol. The Kier molecular flexibility index (Phi) is 5.51. The van der Waals surface area contributed by atoms with Crippen LogP contribution in [0.2, 0.25) is 0 Å². The van der Waals surface area contributed by atoms with Gasteiger partial charge in [0.25, 0.3) is 5.91 Å². The molecule has 22 heavy (non-hydrogen) atoms. The van der Waals surface area contributed by atoms with Gasteiger partial charge in [0, 0.05) is 17.1 Å². The third-order valence-corrected chi connectivity index (χ3v) is 4.18. The molecule has 3 amide bonds. The lowest BCUT2D eigenvalue weighted by molar-refractivity contribution is 0.0711. The summed E-state index contributed by atoms with van der Waals surface area (Å²) in [6.45, 7) is 2.38. The number of benzene rings is 1. The van der Waals surface area contributed by atoms with E-state index in [-0.39, 0.29) is 6.03 Å². The van der Waals surface area contributed by atoms with Crippen molar-refractivity contribution in [3.8, 4) is 0 Å². The number of para-hydroxylation sites is 1. The Bertz CT molecular complexity index is 670. The molecule has 0 saturated carbocycles. The standard InChI is InChI=1S/C15H17N3O3S/c1-10-4-2-3-5-12(10)17-15(20)16-9-8-11-6-7-13(22-11)14(19)18-21/h2-7,21H,8-9H2,1H3,(H,18,19)(H2,16,17,20). The van der Waals surface area contributed by atoms with Crippen LogP contribution >= 0.6 is 11.3 Å². The molecule has 4 N–H and O–H groups in total. The fraction of sp³-hybridized carbons (Fsp3) is 0.200. The van der Waals surface area contributed by atoms with Gasteiger partial charge in [-0.25, -0.2) is 10.3 Å². The number of carbonyl (C=O) groups excluding carboxylic acids is 2. The second kappa shape index (κ2) is 7.58. The van der Waals surface area contributed by atoms with Crippen LogP contribution in [0.15, 0.2) is 36.4 Å². The first-order chi connectivity index (χ1) is 10.6. The van der Waals surface area contributed by atoms with Crippen molar-refractivity contribution in [1.29, 1.82) is 0 Å². The van der Waals surface area contributed by atoms with Crippen LogP contribution in [0.1, 0.15) is 20.1 Å². The number of hydrogen-bond acceptors (Lipinski definition) is 4. The molecule has 0 bridgehead atoms. The number of hydroxylamine groups is 1. The number of carbonyl (C=O) groups is 2. The first-order valence-corrected chi connectivity index (χ1v) is 7.55. The lowest BCUT2D eigenvalue weighted by Crippen LogP contribution is -2.30. The van der Waals surface area contributed by atoms with Crippen molar-refractivity contribution in [2.75, 3.05) is 11.9 Å². The molecule has 0 aliphatic rings. The summed E-state index contributed by atoms with van der Waals surface area (Å²) < 4.78 is 0. The molecule has 0 unspecified atom stereocenters. The Hall–Kier alpha value is -2.38. The number of hydrogen-bond donors (Lipinski definition) is 4. The van der Waals surface area contributed by atoms with Gasteiger partial charge in [0.05, 0.1) is 4.88 Å². The van der Waals surface area contributed by atoms with Gasteiger partial charge in [0.1, 0.15) is 0 Å². The molecule has 0 aliphatic carbocycles. The highest BCUT2D eigenvalue weighted by Gasteiger charge is 2.08. The van der Waals surface area contributed by atoms with Gasteiger partial charge in [-0.2, -0.15) is 0 Å². The Morgan fingerprint density at radius 3 is 2.68 bits per heavy atom. The number of anilines is 1.